The standard InChI is InChI=1S/C14H17NO3S/c1-10-9-12(14(18)15-7-8-19-2)4-3-11(10)5-6-13(16)17/h3-6,9H,7-8H2,1-2H3,(H,15,18)(H,16,17)/b6-5+. The van der Waals surface area contributed by atoms with Gasteiger partial charge in [-0.25, -0.2) is 4.79 Å². The molecule has 0 fully saturated rings. The van der Waals surface area contributed by atoms with E-state index in [4.69, 9.17) is 5.11 Å². The highest BCUT2D eigenvalue weighted by Gasteiger charge is 2.06. The van der Waals surface area contributed by atoms with Crippen LogP contribution >= 0.6 is 11.8 Å². The molecular formula is C14H17NO3S. The van der Waals surface area contributed by atoms with Crippen molar-refractivity contribution in [3.63, 3.8) is 0 Å². The molecule has 2 N–H and O–H groups in total. The zero-order valence-corrected chi connectivity index (χ0v) is 11.8. The Hall–Kier alpha value is -1.75. The van der Waals surface area contributed by atoms with E-state index in [-0.39, 0.29) is 5.91 Å². The summed E-state index contributed by atoms with van der Waals surface area (Å²) >= 11 is 1.67. The van der Waals surface area contributed by atoms with Crippen LogP contribution in [0.25, 0.3) is 6.08 Å². The first kappa shape index (κ1) is 15.3. The van der Waals surface area contributed by atoms with Crippen LogP contribution in [0.15, 0.2) is 24.3 Å². The second kappa shape index (κ2) is 7.63. The normalized spacial score (nSPS) is 10.6. The van der Waals surface area contributed by atoms with E-state index < -0.39 is 5.97 Å². The molecule has 4 nitrogen and oxygen atoms in total. The van der Waals surface area contributed by atoms with Gasteiger partial charge in [-0.3, -0.25) is 4.79 Å². The van der Waals surface area contributed by atoms with Gasteiger partial charge < -0.3 is 10.4 Å². The molecule has 1 aromatic rings. The lowest BCUT2D eigenvalue weighted by Crippen LogP contribution is -2.25. The van der Waals surface area contributed by atoms with Gasteiger partial charge in [0, 0.05) is 23.9 Å². The van der Waals surface area contributed by atoms with Gasteiger partial charge in [0.1, 0.15) is 0 Å². The van der Waals surface area contributed by atoms with Crippen molar-refractivity contribution in [2.24, 2.45) is 0 Å². The summed E-state index contributed by atoms with van der Waals surface area (Å²) in [6, 6.07) is 5.21. The number of aliphatic carboxylic acids is 1. The van der Waals surface area contributed by atoms with Gasteiger partial charge in [-0.15, -0.1) is 0 Å². The second-order valence-corrected chi connectivity index (χ2v) is 4.98. The summed E-state index contributed by atoms with van der Waals surface area (Å²) in [6.45, 7) is 2.49. The maximum atomic E-state index is 11.8. The van der Waals surface area contributed by atoms with Crippen LogP contribution in [-0.4, -0.2) is 35.5 Å². The first-order valence-electron chi connectivity index (χ1n) is 5.83. The van der Waals surface area contributed by atoms with Crippen molar-refractivity contribution in [2.45, 2.75) is 6.92 Å². The number of rotatable bonds is 6. The molecule has 0 unspecified atom stereocenters. The third-order valence-corrected chi connectivity index (χ3v) is 3.14. The Balaban J connectivity index is 2.76. The minimum absolute atomic E-state index is 0.106. The van der Waals surface area contributed by atoms with Gasteiger partial charge in [0.15, 0.2) is 0 Å². The fourth-order valence-corrected chi connectivity index (χ4v) is 1.84. The topological polar surface area (TPSA) is 66.4 Å². The van der Waals surface area contributed by atoms with Gasteiger partial charge in [-0.05, 0) is 42.5 Å². The van der Waals surface area contributed by atoms with E-state index >= 15 is 0 Å². The Labute approximate surface area is 116 Å². The lowest BCUT2D eigenvalue weighted by atomic mass is 10.0. The van der Waals surface area contributed by atoms with Crippen LogP contribution in [-0.2, 0) is 4.79 Å². The van der Waals surface area contributed by atoms with Gasteiger partial charge in [0.05, 0.1) is 0 Å². The molecule has 1 amide bonds. The van der Waals surface area contributed by atoms with Crippen LogP contribution in [0.4, 0.5) is 0 Å². The quantitative estimate of drug-likeness (QED) is 0.619. The van der Waals surface area contributed by atoms with Crippen molar-refractivity contribution < 1.29 is 14.7 Å². The van der Waals surface area contributed by atoms with Gasteiger partial charge >= 0.3 is 5.97 Å². The van der Waals surface area contributed by atoms with Crippen LogP contribution in [0, 0.1) is 6.92 Å². The number of nitrogens with one attached hydrogen (secondary N) is 1. The first-order chi connectivity index (χ1) is 9.04. The minimum Gasteiger partial charge on any atom is -0.478 e. The third-order valence-electron chi connectivity index (χ3n) is 2.53. The van der Waals surface area contributed by atoms with E-state index in [2.05, 4.69) is 5.32 Å². The number of thioether (sulfide) groups is 1. The predicted molar refractivity (Wildman–Crippen MR) is 78.6 cm³/mol. The molecule has 0 spiro atoms. The highest BCUT2D eigenvalue weighted by molar-refractivity contribution is 7.98. The smallest absolute Gasteiger partial charge is 0.328 e. The molecule has 0 radical (unpaired) electrons. The Kier molecular flexibility index (Phi) is 6.15. The van der Waals surface area contributed by atoms with Gasteiger partial charge in [0.25, 0.3) is 5.91 Å². The lowest BCUT2D eigenvalue weighted by molar-refractivity contribution is -0.131. The van der Waals surface area contributed by atoms with Gasteiger partial charge in [-0.1, -0.05) is 6.07 Å². The summed E-state index contributed by atoms with van der Waals surface area (Å²) in [5.74, 6) is -0.214. The van der Waals surface area contributed by atoms with Gasteiger partial charge in [-0.2, -0.15) is 11.8 Å². The zero-order chi connectivity index (χ0) is 14.3. The predicted octanol–water partition coefficient (Wildman–Crippen LogP) is 2.19. The Bertz CT molecular complexity index is 497. The van der Waals surface area contributed by atoms with Crippen LogP contribution in [0.1, 0.15) is 21.5 Å². The van der Waals surface area contributed by atoms with E-state index in [0.29, 0.717) is 12.1 Å². The number of benzene rings is 1. The number of carboxylic acids is 1. The molecule has 0 aromatic heterocycles. The summed E-state index contributed by atoms with van der Waals surface area (Å²) in [6.07, 6.45) is 4.59. The average Bonchev–Trinajstić information content (AvgIpc) is 2.37. The fourth-order valence-electron chi connectivity index (χ4n) is 1.53. The summed E-state index contributed by atoms with van der Waals surface area (Å²) in [5, 5.41) is 11.4. The lowest BCUT2D eigenvalue weighted by Gasteiger charge is -2.06. The number of aryl methyl sites for hydroxylation is 1. The molecule has 0 saturated heterocycles. The molecule has 1 rings (SSSR count). The number of carbonyl (C=O) groups excluding carboxylic acids is 1. The van der Waals surface area contributed by atoms with Crippen molar-refractivity contribution in [3.8, 4) is 0 Å². The summed E-state index contributed by atoms with van der Waals surface area (Å²) < 4.78 is 0. The van der Waals surface area contributed by atoms with Crippen molar-refractivity contribution >= 4 is 29.7 Å². The van der Waals surface area contributed by atoms with Crippen LogP contribution in [0.2, 0.25) is 0 Å². The Morgan fingerprint density at radius 2 is 2.16 bits per heavy atom. The maximum Gasteiger partial charge on any atom is 0.328 e. The second-order valence-electron chi connectivity index (χ2n) is 3.99. The third kappa shape index (κ3) is 5.18. The molecule has 0 aliphatic heterocycles. The van der Waals surface area contributed by atoms with E-state index in [1.165, 1.54) is 6.08 Å². The molecule has 0 aliphatic rings. The molecule has 5 heteroatoms. The summed E-state index contributed by atoms with van der Waals surface area (Å²) in [7, 11) is 0. The van der Waals surface area contributed by atoms with Crippen LogP contribution in [0.3, 0.4) is 0 Å². The number of hydrogen-bond acceptors (Lipinski definition) is 3. The van der Waals surface area contributed by atoms with E-state index in [9.17, 15) is 9.59 Å². The molecule has 0 heterocycles. The summed E-state index contributed by atoms with van der Waals surface area (Å²) in [4.78, 5) is 22.3. The van der Waals surface area contributed by atoms with Crippen LogP contribution < -0.4 is 5.32 Å². The highest BCUT2D eigenvalue weighted by Crippen LogP contribution is 2.13. The Morgan fingerprint density at radius 3 is 2.74 bits per heavy atom. The molecule has 0 atom stereocenters. The monoisotopic (exact) mass is 279 g/mol. The molecule has 0 aliphatic carbocycles. The van der Waals surface area contributed by atoms with Crippen molar-refractivity contribution in [1.29, 1.82) is 0 Å². The molecular weight excluding hydrogens is 262 g/mol. The number of carbonyl (C=O) groups is 2. The van der Waals surface area contributed by atoms with E-state index in [1.807, 2.05) is 13.2 Å². The molecule has 1 aromatic carbocycles. The maximum absolute atomic E-state index is 11.8. The Morgan fingerprint density at radius 1 is 1.42 bits per heavy atom. The van der Waals surface area contributed by atoms with Gasteiger partial charge in [0.2, 0.25) is 0 Å². The van der Waals surface area contributed by atoms with E-state index in [1.54, 1.807) is 30.0 Å². The number of hydrogen-bond donors (Lipinski definition) is 2. The van der Waals surface area contributed by atoms with E-state index in [0.717, 1.165) is 23.0 Å². The summed E-state index contributed by atoms with van der Waals surface area (Å²) in [5.41, 5.74) is 2.25. The zero-order valence-electron chi connectivity index (χ0n) is 11.0. The molecule has 19 heavy (non-hydrogen) atoms. The largest absolute Gasteiger partial charge is 0.478 e. The van der Waals surface area contributed by atoms with Crippen molar-refractivity contribution in [3.05, 3.63) is 41.0 Å². The molecule has 102 valence electrons. The number of carboxylic acid groups (broad SMARTS) is 1. The number of amides is 1. The van der Waals surface area contributed by atoms with Crippen molar-refractivity contribution in [1.82, 2.24) is 5.32 Å². The SMILES string of the molecule is CSCCNC(=O)c1ccc(/C=C/C(=O)O)c(C)c1. The first-order valence-corrected chi connectivity index (χ1v) is 7.22. The highest BCUT2D eigenvalue weighted by atomic mass is 32.2. The van der Waals surface area contributed by atoms with Crippen molar-refractivity contribution in [2.75, 3.05) is 18.6 Å². The minimum atomic E-state index is -0.988. The molecule has 0 bridgehead atoms. The fraction of sp³-hybridized carbons (Fsp3) is 0.286. The average molecular weight is 279 g/mol. The molecule has 0 saturated carbocycles. The van der Waals surface area contributed by atoms with Crippen LogP contribution in [0.5, 0.6) is 0 Å².